The monoisotopic (exact) mass is 206 g/mol. The Hall–Kier alpha value is -2.04. The van der Waals surface area contributed by atoms with E-state index in [0.29, 0.717) is 11.4 Å². The van der Waals surface area contributed by atoms with E-state index in [1.165, 1.54) is 7.11 Å². The fraction of sp³-hybridized carbons (Fsp3) is 0.200. The van der Waals surface area contributed by atoms with Gasteiger partial charge in [0.15, 0.2) is 0 Å². The maximum Gasteiger partial charge on any atom is 0.420 e. The minimum atomic E-state index is -0.663. The van der Waals surface area contributed by atoms with E-state index in [0.717, 1.165) is 10.5 Å². The van der Waals surface area contributed by atoms with Gasteiger partial charge < -0.3 is 10.5 Å². The van der Waals surface area contributed by atoms with E-state index in [9.17, 15) is 9.59 Å². The molecule has 0 saturated carbocycles. The maximum absolute atomic E-state index is 11.5. The number of methoxy groups -OCH3 is 1. The van der Waals surface area contributed by atoms with Crippen LogP contribution in [0.15, 0.2) is 18.2 Å². The van der Waals surface area contributed by atoms with E-state index in [2.05, 4.69) is 4.74 Å². The molecule has 0 unspecified atom stereocenters. The van der Waals surface area contributed by atoms with Gasteiger partial charge in [-0.05, 0) is 23.8 Å². The molecule has 2 rings (SSSR count). The number of imide groups is 1. The topological polar surface area (TPSA) is 72.6 Å². The van der Waals surface area contributed by atoms with Crippen molar-refractivity contribution in [1.82, 2.24) is 0 Å². The molecular weight excluding hydrogens is 196 g/mol. The van der Waals surface area contributed by atoms with Crippen molar-refractivity contribution >= 4 is 23.4 Å². The van der Waals surface area contributed by atoms with Crippen molar-refractivity contribution in [1.29, 1.82) is 0 Å². The van der Waals surface area contributed by atoms with Crippen LogP contribution in [0.5, 0.6) is 0 Å². The molecule has 0 bridgehead atoms. The molecular formula is C10H10N2O3. The quantitative estimate of drug-likeness (QED) is 0.641. The number of carbonyl (C=O) groups excluding carboxylic acids is 2. The summed E-state index contributed by atoms with van der Waals surface area (Å²) in [5.74, 6) is -0.289. The van der Waals surface area contributed by atoms with Crippen molar-refractivity contribution in [2.75, 3.05) is 17.7 Å². The molecule has 0 aromatic heterocycles. The van der Waals surface area contributed by atoms with Crippen molar-refractivity contribution < 1.29 is 14.3 Å². The van der Waals surface area contributed by atoms with Crippen molar-refractivity contribution in [2.24, 2.45) is 0 Å². The number of ether oxygens (including phenoxy) is 1. The lowest BCUT2D eigenvalue weighted by molar-refractivity contribution is -0.116. The Bertz CT molecular complexity index is 442. The number of amides is 2. The number of anilines is 2. The summed E-state index contributed by atoms with van der Waals surface area (Å²) in [5.41, 5.74) is 7.47. The number of fused-ring (bicyclic) bond motifs is 1. The van der Waals surface area contributed by atoms with Crippen molar-refractivity contribution in [3.63, 3.8) is 0 Å². The SMILES string of the molecule is COC(=O)N1C(=O)Cc2cc(N)ccc21. The van der Waals surface area contributed by atoms with Crippen LogP contribution in [0.25, 0.3) is 0 Å². The lowest BCUT2D eigenvalue weighted by Crippen LogP contribution is -2.33. The smallest absolute Gasteiger partial charge is 0.420 e. The third-order valence-electron chi connectivity index (χ3n) is 2.29. The highest BCUT2D eigenvalue weighted by molar-refractivity contribution is 6.17. The number of hydrogen-bond acceptors (Lipinski definition) is 4. The van der Waals surface area contributed by atoms with Crippen LogP contribution in [0.4, 0.5) is 16.2 Å². The Morgan fingerprint density at radius 2 is 2.27 bits per heavy atom. The molecule has 0 radical (unpaired) electrons. The molecule has 0 spiro atoms. The molecule has 5 nitrogen and oxygen atoms in total. The van der Waals surface area contributed by atoms with E-state index in [-0.39, 0.29) is 12.3 Å². The zero-order valence-electron chi connectivity index (χ0n) is 8.19. The maximum atomic E-state index is 11.5. The van der Waals surface area contributed by atoms with E-state index in [1.54, 1.807) is 18.2 Å². The van der Waals surface area contributed by atoms with E-state index in [1.807, 2.05) is 0 Å². The van der Waals surface area contributed by atoms with E-state index < -0.39 is 6.09 Å². The Labute approximate surface area is 86.4 Å². The van der Waals surface area contributed by atoms with Gasteiger partial charge in [-0.2, -0.15) is 0 Å². The zero-order chi connectivity index (χ0) is 11.0. The molecule has 1 heterocycles. The molecule has 0 saturated heterocycles. The van der Waals surface area contributed by atoms with Crippen LogP contribution in [-0.2, 0) is 16.0 Å². The fourth-order valence-corrected chi connectivity index (χ4v) is 1.63. The molecule has 5 heteroatoms. The highest BCUT2D eigenvalue weighted by Gasteiger charge is 2.32. The predicted octanol–water partition coefficient (Wildman–Crippen LogP) is 0.924. The molecule has 0 aliphatic carbocycles. The second kappa shape index (κ2) is 3.27. The molecule has 0 atom stereocenters. The number of carbonyl (C=O) groups is 2. The van der Waals surface area contributed by atoms with Gasteiger partial charge in [0, 0.05) is 5.69 Å². The van der Waals surface area contributed by atoms with Crippen molar-refractivity contribution in [3.8, 4) is 0 Å². The molecule has 2 amide bonds. The van der Waals surface area contributed by atoms with Crippen molar-refractivity contribution in [2.45, 2.75) is 6.42 Å². The van der Waals surface area contributed by atoms with E-state index >= 15 is 0 Å². The van der Waals surface area contributed by atoms with Crippen LogP contribution < -0.4 is 10.6 Å². The summed E-state index contributed by atoms with van der Waals surface area (Å²) in [6.45, 7) is 0. The minimum Gasteiger partial charge on any atom is -0.452 e. The van der Waals surface area contributed by atoms with Crippen LogP contribution in [0, 0.1) is 0 Å². The Morgan fingerprint density at radius 3 is 2.93 bits per heavy atom. The average Bonchev–Trinajstić information content (AvgIpc) is 2.52. The highest BCUT2D eigenvalue weighted by atomic mass is 16.5. The van der Waals surface area contributed by atoms with Crippen LogP contribution in [-0.4, -0.2) is 19.1 Å². The van der Waals surface area contributed by atoms with Crippen LogP contribution in [0.3, 0.4) is 0 Å². The summed E-state index contributed by atoms with van der Waals surface area (Å²) in [7, 11) is 1.24. The highest BCUT2D eigenvalue weighted by Crippen LogP contribution is 2.30. The van der Waals surface area contributed by atoms with Crippen LogP contribution in [0.2, 0.25) is 0 Å². The van der Waals surface area contributed by atoms with Gasteiger partial charge in [-0.15, -0.1) is 0 Å². The Balaban J connectivity index is 2.46. The van der Waals surface area contributed by atoms with Gasteiger partial charge >= 0.3 is 6.09 Å². The average molecular weight is 206 g/mol. The van der Waals surface area contributed by atoms with Gasteiger partial charge in [0.05, 0.1) is 19.2 Å². The third-order valence-corrected chi connectivity index (χ3v) is 2.29. The van der Waals surface area contributed by atoms with Gasteiger partial charge in [0.2, 0.25) is 5.91 Å². The summed E-state index contributed by atoms with van der Waals surface area (Å²) in [4.78, 5) is 23.9. The first-order valence-corrected chi connectivity index (χ1v) is 4.43. The standard InChI is InChI=1S/C10H10N2O3/c1-15-10(14)12-8-3-2-7(11)4-6(8)5-9(12)13/h2-4H,5,11H2,1H3. The number of nitrogens with zero attached hydrogens (tertiary/aromatic N) is 1. The van der Waals surface area contributed by atoms with Crippen LogP contribution >= 0.6 is 0 Å². The summed E-state index contributed by atoms with van der Waals surface area (Å²) in [5, 5.41) is 0. The predicted molar refractivity (Wildman–Crippen MR) is 54.4 cm³/mol. The first-order chi connectivity index (χ1) is 7.13. The second-order valence-corrected chi connectivity index (χ2v) is 3.26. The number of nitrogen functional groups attached to an aromatic ring is 1. The lowest BCUT2D eigenvalue weighted by Gasteiger charge is -2.13. The van der Waals surface area contributed by atoms with Gasteiger partial charge in [-0.3, -0.25) is 4.79 Å². The second-order valence-electron chi connectivity index (χ2n) is 3.26. The summed E-state index contributed by atoms with van der Waals surface area (Å²) in [6.07, 6.45) is -0.473. The Kier molecular flexibility index (Phi) is 2.07. The number of nitrogens with two attached hydrogens (primary N) is 1. The van der Waals surface area contributed by atoms with Gasteiger partial charge in [0.1, 0.15) is 0 Å². The first-order valence-electron chi connectivity index (χ1n) is 4.43. The zero-order valence-corrected chi connectivity index (χ0v) is 8.19. The number of rotatable bonds is 0. The molecule has 0 fully saturated rings. The molecule has 15 heavy (non-hydrogen) atoms. The van der Waals surface area contributed by atoms with Gasteiger partial charge in [0.25, 0.3) is 0 Å². The fourth-order valence-electron chi connectivity index (χ4n) is 1.63. The summed E-state index contributed by atoms with van der Waals surface area (Å²) in [6, 6.07) is 4.98. The molecule has 78 valence electrons. The van der Waals surface area contributed by atoms with Crippen molar-refractivity contribution in [3.05, 3.63) is 23.8 Å². The molecule has 1 aliphatic heterocycles. The van der Waals surface area contributed by atoms with E-state index in [4.69, 9.17) is 5.73 Å². The third kappa shape index (κ3) is 1.41. The summed E-state index contributed by atoms with van der Waals surface area (Å²) < 4.78 is 4.53. The summed E-state index contributed by atoms with van der Waals surface area (Å²) >= 11 is 0. The first kappa shape index (κ1) is 9.51. The molecule has 1 aliphatic rings. The normalized spacial score (nSPS) is 13.9. The van der Waals surface area contributed by atoms with Gasteiger partial charge in [-0.1, -0.05) is 0 Å². The molecule has 1 aromatic rings. The largest absolute Gasteiger partial charge is 0.452 e. The van der Waals surface area contributed by atoms with Crippen LogP contribution in [0.1, 0.15) is 5.56 Å². The molecule has 2 N–H and O–H groups in total. The number of benzene rings is 1. The number of hydrogen-bond donors (Lipinski definition) is 1. The molecule has 1 aromatic carbocycles. The Morgan fingerprint density at radius 1 is 1.53 bits per heavy atom. The van der Waals surface area contributed by atoms with Gasteiger partial charge in [-0.25, -0.2) is 9.69 Å². The lowest BCUT2D eigenvalue weighted by atomic mass is 10.1. The minimum absolute atomic E-state index is 0.190.